The van der Waals surface area contributed by atoms with Gasteiger partial charge in [-0.1, -0.05) is 35.9 Å². The molecule has 0 saturated carbocycles. The van der Waals surface area contributed by atoms with Crippen LogP contribution < -0.4 is 10.7 Å². The molecule has 0 fully saturated rings. The van der Waals surface area contributed by atoms with Crippen molar-refractivity contribution in [2.45, 2.75) is 26.8 Å². The van der Waals surface area contributed by atoms with E-state index in [2.05, 4.69) is 15.5 Å². The first-order valence-corrected chi connectivity index (χ1v) is 11.4. The molecule has 2 N–H and O–H groups in total. The molecule has 2 aromatic heterocycles. The van der Waals surface area contributed by atoms with Crippen LogP contribution in [0.3, 0.4) is 0 Å². The predicted octanol–water partition coefficient (Wildman–Crippen LogP) is 6.00. The minimum atomic E-state index is -1.03. The highest BCUT2D eigenvalue weighted by Gasteiger charge is 2.20. The van der Waals surface area contributed by atoms with Gasteiger partial charge in [-0.05, 0) is 56.7 Å². The second kappa shape index (κ2) is 9.14. The number of carbonyl (C=O) groups is 1. The predicted molar refractivity (Wildman–Crippen MR) is 136 cm³/mol. The Labute approximate surface area is 206 Å². The number of aryl methyl sites for hydroxylation is 2. The Morgan fingerprint density at radius 3 is 2.39 bits per heavy atom. The summed E-state index contributed by atoms with van der Waals surface area (Å²) < 4.78 is 12.0. The molecule has 0 aliphatic rings. The molecule has 5 aromatic rings. The number of nitrogens with one attached hydrogen (secondary N) is 1. The number of fused-ring (bicyclic) bond motifs is 1. The van der Waals surface area contributed by atoms with Crippen molar-refractivity contribution in [1.82, 2.24) is 10.2 Å². The van der Waals surface area contributed by atoms with E-state index < -0.39 is 5.97 Å². The van der Waals surface area contributed by atoms with E-state index in [1.807, 2.05) is 51.1 Å². The summed E-state index contributed by atoms with van der Waals surface area (Å²) >= 11 is 0. The van der Waals surface area contributed by atoms with E-state index in [9.17, 15) is 14.7 Å². The Hall–Kier alpha value is -4.72. The summed E-state index contributed by atoms with van der Waals surface area (Å²) in [5.74, 6) is -0.472. The summed E-state index contributed by atoms with van der Waals surface area (Å²) in [7, 11) is 0. The minimum Gasteiger partial charge on any atom is -0.478 e. The van der Waals surface area contributed by atoms with Gasteiger partial charge in [0, 0.05) is 22.9 Å². The van der Waals surface area contributed by atoms with Crippen LogP contribution in [0.1, 0.15) is 40.0 Å². The van der Waals surface area contributed by atoms with E-state index in [0.717, 1.165) is 16.7 Å². The number of hydrogen-bond acceptors (Lipinski definition) is 7. The van der Waals surface area contributed by atoms with E-state index in [0.29, 0.717) is 28.1 Å². The fourth-order valence-electron chi connectivity index (χ4n) is 4.10. The molecule has 2 heterocycles. The van der Waals surface area contributed by atoms with E-state index in [1.165, 1.54) is 12.1 Å². The van der Waals surface area contributed by atoms with Crippen LogP contribution in [-0.2, 0) is 0 Å². The molecule has 5 rings (SSSR count). The molecular weight excluding hydrogens is 458 g/mol. The molecule has 1 atom stereocenters. The van der Waals surface area contributed by atoms with Crippen LogP contribution in [0.15, 0.2) is 80.4 Å². The Morgan fingerprint density at radius 1 is 0.917 bits per heavy atom. The average molecular weight is 482 g/mol. The van der Waals surface area contributed by atoms with Crippen LogP contribution in [0.2, 0.25) is 0 Å². The lowest BCUT2D eigenvalue weighted by atomic mass is 10.0. The van der Waals surface area contributed by atoms with Crippen molar-refractivity contribution in [3.63, 3.8) is 0 Å². The van der Waals surface area contributed by atoms with E-state index >= 15 is 0 Å². The van der Waals surface area contributed by atoms with Crippen LogP contribution >= 0.6 is 0 Å². The Morgan fingerprint density at radius 2 is 1.64 bits per heavy atom. The monoisotopic (exact) mass is 481 g/mol. The third-order valence-corrected chi connectivity index (χ3v) is 5.93. The summed E-state index contributed by atoms with van der Waals surface area (Å²) in [6, 6.07) is 18.9. The summed E-state index contributed by atoms with van der Waals surface area (Å²) in [4.78, 5) is 24.7. The standard InChI is InChI=1S/C28H23N3O5/c1-15-8-10-18(11-9-15)26-30-31-27(36-26)24-14-23(32)21-13-16(2)12-20(25(21)35-24)17(3)29-22-7-5-4-6-19(22)28(33)34/h4-14,17,29H,1-3H3,(H,33,34). The molecule has 36 heavy (non-hydrogen) atoms. The first kappa shape index (κ1) is 23.0. The molecule has 8 nitrogen and oxygen atoms in total. The maximum absolute atomic E-state index is 13.1. The van der Waals surface area contributed by atoms with Crippen LogP contribution in [0.4, 0.5) is 5.69 Å². The fraction of sp³-hybridized carbons (Fsp3) is 0.143. The van der Waals surface area contributed by atoms with Gasteiger partial charge >= 0.3 is 5.97 Å². The smallest absolute Gasteiger partial charge is 0.337 e. The fourth-order valence-corrected chi connectivity index (χ4v) is 4.10. The molecule has 0 radical (unpaired) electrons. The topological polar surface area (TPSA) is 118 Å². The molecule has 0 saturated heterocycles. The lowest BCUT2D eigenvalue weighted by Crippen LogP contribution is -2.12. The highest BCUT2D eigenvalue weighted by Crippen LogP contribution is 2.31. The maximum atomic E-state index is 13.1. The van der Waals surface area contributed by atoms with Crippen LogP contribution in [-0.4, -0.2) is 21.3 Å². The van der Waals surface area contributed by atoms with Gasteiger partial charge in [-0.3, -0.25) is 4.79 Å². The first-order chi connectivity index (χ1) is 17.3. The molecule has 0 bridgehead atoms. The van der Waals surface area contributed by atoms with Crippen molar-refractivity contribution >= 4 is 22.6 Å². The molecule has 0 aliphatic heterocycles. The van der Waals surface area contributed by atoms with Gasteiger partial charge in [0.1, 0.15) is 5.58 Å². The Kier molecular flexibility index (Phi) is 5.85. The number of aromatic carboxylic acids is 1. The molecule has 3 aromatic carbocycles. The van der Waals surface area contributed by atoms with Crippen molar-refractivity contribution < 1.29 is 18.7 Å². The molecule has 8 heteroatoms. The normalized spacial score (nSPS) is 12.0. The van der Waals surface area contributed by atoms with Gasteiger partial charge < -0.3 is 19.3 Å². The van der Waals surface area contributed by atoms with E-state index in [4.69, 9.17) is 8.83 Å². The van der Waals surface area contributed by atoms with Gasteiger partial charge in [-0.15, -0.1) is 10.2 Å². The average Bonchev–Trinajstić information content (AvgIpc) is 3.35. The molecule has 1 unspecified atom stereocenters. The van der Waals surface area contributed by atoms with Crippen molar-refractivity contribution in [2.75, 3.05) is 5.32 Å². The van der Waals surface area contributed by atoms with Gasteiger partial charge in [0.05, 0.1) is 17.0 Å². The largest absolute Gasteiger partial charge is 0.478 e. The molecular formula is C28H23N3O5. The number of hydrogen-bond donors (Lipinski definition) is 2. The van der Waals surface area contributed by atoms with Crippen LogP contribution in [0, 0.1) is 13.8 Å². The number of carboxylic acids is 1. The summed E-state index contributed by atoms with van der Waals surface area (Å²) in [6.07, 6.45) is 0. The SMILES string of the molecule is Cc1ccc(-c2nnc(-c3cc(=O)c4cc(C)cc(C(C)Nc5ccccc5C(=O)O)c4o3)o2)cc1. The second-order valence-electron chi connectivity index (χ2n) is 8.70. The zero-order valence-corrected chi connectivity index (χ0v) is 19.9. The molecule has 0 aliphatic carbocycles. The highest BCUT2D eigenvalue weighted by atomic mass is 16.4. The van der Waals surface area contributed by atoms with Gasteiger partial charge in [0.15, 0.2) is 11.2 Å². The summed E-state index contributed by atoms with van der Waals surface area (Å²) in [6.45, 7) is 5.75. The zero-order valence-electron chi connectivity index (χ0n) is 19.9. The zero-order chi connectivity index (χ0) is 25.4. The number of anilines is 1. The van der Waals surface area contributed by atoms with Crippen LogP contribution in [0.25, 0.3) is 34.1 Å². The third kappa shape index (κ3) is 4.36. The highest BCUT2D eigenvalue weighted by molar-refractivity contribution is 5.94. The number of rotatable bonds is 6. The number of nitrogens with zero attached hydrogens (tertiary/aromatic N) is 2. The van der Waals surface area contributed by atoms with Crippen LogP contribution in [0.5, 0.6) is 0 Å². The number of carboxylic acid groups (broad SMARTS) is 1. The number of aromatic nitrogens is 2. The van der Waals surface area contributed by atoms with E-state index in [1.54, 1.807) is 24.3 Å². The van der Waals surface area contributed by atoms with Crippen molar-refractivity contribution in [3.8, 4) is 23.1 Å². The maximum Gasteiger partial charge on any atom is 0.337 e. The number of para-hydroxylation sites is 1. The van der Waals surface area contributed by atoms with Gasteiger partial charge in [-0.25, -0.2) is 4.79 Å². The third-order valence-electron chi connectivity index (χ3n) is 5.93. The Balaban J connectivity index is 1.58. The van der Waals surface area contributed by atoms with Gasteiger partial charge in [0.2, 0.25) is 5.89 Å². The Bertz CT molecular complexity index is 1650. The van der Waals surface area contributed by atoms with E-state index in [-0.39, 0.29) is 28.7 Å². The van der Waals surface area contributed by atoms with Crippen molar-refractivity contribution in [1.29, 1.82) is 0 Å². The summed E-state index contributed by atoms with van der Waals surface area (Å²) in [5, 5.41) is 21.4. The molecule has 0 amide bonds. The minimum absolute atomic E-state index is 0.0907. The lowest BCUT2D eigenvalue weighted by Gasteiger charge is -2.19. The van der Waals surface area contributed by atoms with Crippen molar-refractivity contribution in [3.05, 3.63) is 99.2 Å². The first-order valence-electron chi connectivity index (χ1n) is 11.4. The van der Waals surface area contributed by atoms with Gasteiger partial charge in [0.25, 0.3) is 5.89 Å². The molecule has 0 spiro atoms. The lowest BCUT2D eigenvalue weighted by molar-refractivity contribution is 0.0698. The molecule has 180 valence electrons. The second-order valence-corrected chi connectivity index (χ2v) is 8.70. The summed E-state index contributed by atoms with van der Waals surface area (Å²) in [5.41, 5.74) is 4.17. The number of benzene rings is 3. The van der Waals surface area contributed by atoms with Crippen molar-refractivity contribution in [2.24, 2.45) is 0 Å². The van der Waals surface area contributed by atoms with Gasteiger partial charge in [-0.2, -0.15) is 0 Å². The quantitative estimate of drug-likeness (QED) is 0.303.